The molecule has 0 aliphatic heterocycles. The quantitative estimate of drug-likeness (QED) is 0.723. The van der Waals surface area contributed by atoms with Crippen LogP contribution in [0.25, 0.3) is 0 Å². The van der Waals surface area contributed by atoms with Gasteiger partial charge in [0.1, 0.15) is 0 Å². The standard InChI is InChI=1S/C12H24N2O/c1-5-13-10(3)7-12(15)14(4)8-11-6-9(11)2/h9-11,13H,5-8H2,1-4H3. The number of hydrogen-bond acceptors (Lipinski definition) is 2. The van der Waals surface area contributed by atoms with Crippen molar-refractivity contribution >= 4 is 5.91 Å². The molecule has 1 amide bonds. The summed E-state index contributed by atoms with van der Waals surface area (Å²) < 4.78 is 0. The first kappa shape index (κ1) is 12.5. The van der Waals surface area contributed by atoms with Crippen molar-refractivity contribution in [3.63, 3.8) is 0 Å². The van der Waals surface area contributed by atoms with Crippen LogP contribution in [0.15, 0.2) is 0 Å². The SMILES string of the molecule is CCNC(C)CC(=O)N(C)CC1CC1C. The maximum absolute atomic E-state index is 11.8. The normalized spacial score (nSPS) is 26.1. The van der Waals surface area contributed by atoms with Crippen LogP contribution in [0.5, 0.6) is 0 Å². The zero-order valence-electron chi connectivity index (χ0n) is 10.4. The van der Waals surface area contributed by atoms with Crippen LogP contribution < -0.4 is 5.32 Å². The van der Waals surface area contributed by atoms with Gasteiger partial charge in [0.25, 0.3) is 0 Å². The lowest BCUT2D eigenvalue weighted by Gasteiger charge is -2.20. The van der Waals surface area contributed by atoms with E-state index in [1.54, 1.807) is 0 Å². The second-order valence-corrected chi connectivity index (χ2v) is 4.91. The van der Waals surface area contributed by atoms with Gasteiger partial charge in [0.2, 0.25) is 5.91 Å². The Morgan fingerprint density at radius 2 is 2.20 bits per heavy atom. The molecular weight excluding hydrogens is 188 g/mol. The molecule has 0 radical (unpaired) electrons. The Balaban J connectivity index is 2.20. The molecule has 1 aliphatic carbocycles. The number of nitrogens with zero attached hydrogens (tertiary/aromatic N) is 1. The highest BCUT2D eigenvalue weighted by Gasteiger charge is 2.34. The zero-order valence-corrected chi connectivity index (χ0v) is 10.4. The van der Waals surface area contributed by atoms with Crippen molar-refractivity contribution in [2.45, 2.75) is 39.7 Å². The lowest BCUT2D eigenvalue weighted by Crippen LogP contribution is -2.35. The third-order valence-corrected chi connectivity index (χ3v) is 3.24. The molecule has 1 aliphatic rings. The zero-order chi connectivity index (χ0) is 11.4. The van der Waals surface area contributed by atoms with Gasteiger partial charge >= 0.3 is 0 Å². The number of carbonyl (C=O) groups excluding carboxylic acids is 1. The highest BCUT2D eigenvalue weighted by atomic mass is 16.2. The molecule has 1 saturated carbocycles. The van der Waals surface area contributed by atoms with Crippen molar-refractivity contribution < 1.29 is 4.79 Å². The largest absolute Gasteiger partial charge is 0.345 e. The smallest absolute Gasteiger partial charge is 0.223 e. The van der Waals surface area contributed by atoms with E-state index in [4.69, 9.17) is 0 Å². The Bertz CT molecular complexity index is 218. The maximum atomic E-state index is 11.8. The van der Waals surface area contributed by atoms with Gasteiger partial charge in [-0.2, -0.15) is 0 Å². The van der Waals surface area contributed by atoms with Crippen LogP contribution in [-0.2, 0) is 4.79 Å². The molecular formula is C12H24N2O. The molecule has 0 aromatic carbocycles. The Kier molecular flexibility index (Phi) is 4.58. The molecule has 1 fully saturated rings. The summed E-state index contributed by atoms with van der Waals surface area (Å²) in [5.74, 6) is 1.85. The van der Waals surface area contributed by atoms with E-state index in [-0.39, 0.29) is 5.91 Å². The molecule has 0 spiro atoms. The van der Waals surface area contributed by atoms with Crippen LogP contribution in [0.4, 0.5) is 0 Å². The Labute approximate surface area is 93.2 Å². The van der Waals surface area contributed by atoms with Gasteiger partial charge in [0, 0.05) is 26.1 Å². The van der Waals surface area contributed by atoms with Gasteiger partial charge in [-0.3, -0.25) is 4.79 Å². The third-order valence-electron chi connectivity index (χ3n) is 3.24. The van der Waals surface area contributed by atoms with E-state index < -0.39 is 0 Å². The monoisotopic (exact) mass is 212 g/mol. The summed E-state index contributed by atoms with van der Waals surface area (Å²) in [7, 11) is 1.92. The number of carbonyl (C=O) groups is 1. The minimum absolute atomic E-state index is 0.266. The predicted molar refractivity (Wildman–Crippen MR) is 62.7 cm³/mol. The molecule has 0 bridgehead atoms. The molecule has 3 unspecified atom stereocenters. The molecule has 0 heterocycles. The van der Waals surface area contributed by atoms with Gasteiger partial charge in [0.15, 0.2) is 0 Å². The number of rotatable bonds is 6. The molecule has 0 aromatic heterocycles. The molecule has 1 rings (SSSR count). The third kappa shape index (κ3) is 4.20. The molecule has 15 heavy (non-hydrogen) atoms. The molecule has 88 valence electrons. The average molecular weight is 212 g/mol. The van der Waals surface area contributed by atoms with Gasteiger partial charge in [-0.15, -0.1) is 0 Å². The highest BCUT2D eigenvalue weighted by Crippen LogP contribution is 2.37. The first-order valence-corrected chi connectivity index (χ1v) is 6.02. The fourth-order valence-corrected chi connectivity index (χ4v) is 1.95. The van der Waals surface area contributed by atoms with E-state index in [9.17, 15) is 4.79 Å². The lowest BCUT2D eigenvalue weighted by molar-refractivity contribution is -0.130. The van der Waals surface area contributed by atoms with Crippen LogP contribution in [0, 0.1) is 11.8 Å². The van der Waals surface area contributed by atoms with Crippen LogP contribution in [0.3, 0.4) is 0 Å². The minimum atomic E-state index is 0.266. The Morgan fingerprint density at radius 1 is 1.60 bits per heavy atom. The lowest BCUT2D eigenvalue weighted by atomic mass is 10.2. The van der Waals surface area contributed by atoms with Crippen molar-refractivity contribution in [1.29, 1.82) is 0 Å². The van der Waals surface area contributed by atoms with E-state index >= 15 is 0 Å². The molecule has 3 heteroatoms. The maximum Gasteiger partial charge on any atom is 0.223 e. The summed E-state index contributed by atoms with van der Waals surface area (Å²) in [5, 5.41) is 3.26. The fourth-order valence-electron chi connectivity index (χ4n) is 1.95. The van der Waals surface area contributed by atoms with Crippen LogP contribution in [0.1, 0.15) is 33.6 Å². The average Bonchev–Trinajstić information content (AvgIpc) is 2.81. The number of nitrogens with one attached hydrogen (secondary N) is 1. The van der Waals surface area contributed by atoms with Gasteiger partial charge in [-0.05, 0) is 31.7 Å². The summed E-state index contributed by atoms with van der Waals surface area (Å²) >= 11 is 0. The van der Waals surface area contributed by atoms with Gasteiger partial charge in [-0.1, -0.05) is 13.8 Å². The summed E-state index contributed by atoms with van der Waals surface area (Å²) in [6, 6.07) is 0.293. The van der Waals surface area contributed by atoms with Crippen LogP contribution in [-0.4, -0.2) is 37.0 Å². The van der Waals surface area contributed by atoms with E-state index in [0.29, 0.717) is 12.5 Å². The summed E-state index contributed by atoms with van der Waals surface area (Å²) in [4.78, 5) is 13.7. The van der Waals surface area contributed by atoms with E-state index in [2.05, 4.69) is 26.1 Å². The first-order chi connectivity index (χ1) is 7.04. The van der Waals surface area contributed by atoms with Crippen molar-refractivity contribution in [2.24, 2.45) is 11.8 Å². The first-order valence-electron chi connectivity index (χ1n) is 6.02. The minimum Gasteiger partial charge on any atom is -0.345 e. The van der Waals surface area contributed by atoms with Crippen LogP contribution in [0.2, 0.25) is 0 Å². The molecule has 3 atom stereocenters. The van der Waals surface area contributed by atoms with Crippen LogP contribution >= 0.6 is 0 Å². The van der Waals surface area contributed by atoms with Gasteiger partial charge < -0.3 is 10.2 Å². The van der Waals surface area contributed by atoms with Crippen molar-refractivity contribution in [3.05, 3.63) is 0 Å². The van der Waals surface area contributed by atoms with Crippen molar-refractivity contribution in [1.82, 2.24) is 10.2 Å². The summed E-state index contributed by atoms with van der Waals surface area (Å²) in [6.07, 6.45) is 1.91. The number of amides is 1. The topological polar surface area (TPSA) is 32.3 Å². The fraction of sp³-hybridized carbons (Fsp3) is 0.917. The highest BCUT2D eigenvalue weighted by molar-refractivity contribution is 5.76. The van der Waals surface area contributed by atoms with Gasteiger partial charge in [-0.25, -0.2) is 0 Å². The Morgan fingerprint density at radius 3 is 2.67 bits per heavy atom. The molecule has 1 N–H and O–H groups in total. The van der Waals surface area contributed by atoms with E-state index in [1.807, 2.05) is 11.9 Å². The second kappa shape index (κ2) is 5.50. The summed E-state index contributed by atoms with van der Waals surface area (Å²) in [5.41, 5.74) is 0. The van der Waals surface area contributed by atoms with E-state index in [0.717, 1.165) is 24.9 Å². The predicted octanol–water partition coefficient (Wildman–Crippen LogP) is 1.49. The molecule has 0 saturated heterocycles. The number of hydrogen-bond donors (Lipinski definition) is 1. The van der Waals surface area contributed by atoms with Gasteiger partial charge in [0.05, 0.1) is 0 Å². The molecule has 0 aromatic rings. The van der Waals surface area contributed by atoms with Crippen molar-refractivity contribution in [2.75, 3.05) is 20.1 Å². The second-order valence-electron chi connectivity index (χ2n) is 4.91. The molecule has 3 nitrogen and oxygen atoms in total. The Hall–Kier alpha value is -0.570. The van der Waals surface area contributed by atoms with Crippen molar-refractivity contribution in [3.8, 4) is 0 Å². The summed E-state index contributed by atoms with van der Waals surface area (Å²) in [6.45, 7) is 8.26. The van der Waals surface area contributed by atoms with E-state index in [1.165, 1.54) is 6.42 Å².